The maximum Gasteiger partial charge on any atom is 0.259 e. The molecule has 0 bridgehead atoms. The molecule has 5 rings (SSSR count). The summed E-state index contributed by atoms with van der Waals surface area (Å²) < 4.78 is 17.4. The van der Waals surface area contributed by atoms with Crippen LogP contribution in [0, 0.1) is 5.92 Å². The monoisotopic (exact) mass is 544 g/mol. The quantitative estimate of drug-likeness (QED) is 0.440. The van der Waals surface area contributed by atoms with Gasteiger partial charge in [0.1, 0.15) is 5.75 Å². The molecule has 3 atom stereocenters. The lowest BCUT2D eigenvalue weighted by atomic mass is 9.79. The predicted molar refractivity (Wildman–Crippen MR) is 158 cm³/mol. The van der Waals surface area contributed by atoms with Crippen molar-refractivity contribution in [1.82, 2.24) is 10.2 Å². The van der Waals surface area contributed by atoms with Crippen LogP contribution < -0.4 is 10.1 Å². The van der Waals surface area contributed by atoms with Crippen LogP contribution >= 0.6 is 0 Å². The summed E-state index contributed by atoms with van der Waals surface area (Å²) in [5.41, 5.74) is 4.01. The van der Waals surface area contributed by atoms with E-state index >= 15 is 0 Å². The number of rotatable bonds is 8. The number of benzene rings is 2. The van der Waals surface area contributed by atoms with Crippen molar-refractivity contribution >= 4 is 5.91 Å². The summed E-state index contributed by atoms with van der Waals surface area (Å²) in [5, 5.41) is 3.27. The highest BCUT2D eigenvalue weighted by Crippen LogP contribution is 2.37. The van der Waals surface area contributed by atoms with Crippen molar-refractivity contribution in [3.05, 3.63) is 89.1 Å². The van der Waals surface area contributed by atoms with Gasteiger partial charge in [0.2, 0.25) is 0 Å². The Balaban J connectivity index is 1.33. The van der Waals surface area contributed by atoms with E-state index in [1.54, 1.807) is 7.11 Å². The molecular weight excluding hydrogens is 500 g/mol. The molecule has 40 heavy (non-hydrogen) atoms. The van der Waals surface area contributed by atoms with Crippen molar-refractivity contribution in [3.8, 4) is 5.75 Å². The van der Waals surface area contributed by atoms with E-state index in [0.717, 1.165) is 63.1 Å². The molecule has 1 aliphatic carbocycles. The van der Waals surface area contributed by atoms with Gasteiger partial charge in [-0.1, -0.05) is 69.3 Å². The Morgan fingerprint density at radius 3 is 2.58 bits per heavy atom. The van der Waals surface area contributed by atoms with Crippen molar-refractivity contribution < 1.29 is 19.0 Å². The van der Waals surface area contributed by atoms with E-state index in [0.29, 0.717) is 17.4 Å². The summed E-state index contributed by atoms with van der Waals surface area (Å²) in [6.45, 7) is 8.90. The predicted octanol–water partition coefficient (Wildman–Crippen LogP) is 6.02. The zero-order valence-corrected chi connectivity index (χ0v) is 24.4. The molecule has 214 valence electrons. The van der Waals surface area contributed by atoms with E-state index in [1.165, 1.54) is 5.56 Å². The molecule has 3 unspecified atom stereocenters. The normalized spacial score (nSPS) is 23.8. The van der Waals surface area contributed by atoms with Crippen LogP contribution in [-0.2, 0) is 21.3 Å². The van der Waals surface area contributed by atoms with Crippen molar-refractivity contribution in [2.75, 3.05) is 26.9 Å². The zero-order valence-electron chi connectivity index (χ0n) is 24.4. The fraction of sp³-hybridized carbons (Fsp3) is 0.500. The minimum atomic E-state index is -0.141. The van der Waals surface area contributed by atoms with Crippen LogP contribution in [0.25, 0.3) is 0 Å². The largest absolute Gasteiger partial charge is 0.496 e. The number of allylic oxidation sites excluding steroid dienone is 2. The van der Waals surface area contributed by atoms with E-state index < -0.39 is 0 Å². The Kier molecular flexibility index (Phi) is 9.09. The standard InChI is InChI=1S/C34H44N2O4/c1-34(2,3)25-14-16-28(31(23-25)38-4)33(37)35-29-12-8-13-30-27(29)17-15-26(22-24-10-6-5-7-11-24)36(30)19-18-32-39-20-9-21-40-32/h5-8,10-14,16,23,26-27,30,32H,9,15,17-22H2,1-4H3,(H,35,37). The van der Waals surface area contributed by atoms with Crippen LogP contribution in [0.3, 0.4) is 0 Å². The molecule has 2 heterocycles. The van der Waals surface area contributed by atoms with Gasteiger partial charge in [0.25, 0.3) is 5.91 Å². The number of nitrogens with one attached hydrogen (secondary N) is 1. The van der Waals surface area contributed by atoms with Crippen molar-refractivity contribution in [2.24, 2.45) is 5.92 Å². The zero-order chi connectivity index (χ0) is 28.1. The topological polar surface area (TPSA) is 60.0 Å². The second kappa shape index (κ2) is 12.7. The molecule has 0 aromatic heterocycles. The van der Waals surface area contributed by atoms with E-state index in [-0.39, 0.29) is 29.6 Å². The third kappa shape index (κ3) is 6.68. The number of likely N-dealkylation sites (tertiary alicyclic amines) is 1. The molecule has 0 spiro atoms. The average molecular weight is 545 g/mol. The Morgan fingerprint density at radius 1 is 1.07 bits per heavy atom. The van der Waals surface area contributed by atoms with E-state index in [1.807, 2.05) is 18.2 Å². The first-order chi connectivity index (χ1) is 19.3. The number of nitrogens with zero attached hydrogens (tertiary/aromatic N) is 1. The van der Waals surface area contributed by atoms with Crippen LogP contribution in [0.4, 0.5) is 0 Å². The van der Waals surface area contributed by atoms with Gasteiger partial charge in [-0.3, -0.25) is 9.69 Å². The smallest absolute Gasteiger partial charge is 0.259 e. The second-order valence-corrected chi connectivity index (χ2v) is 12.2. The van der Waals surface area contributed by atoms with E-state index in [4.69, 9.17) is 14.2 Å². The van der Waals surface area contributed by atoms with E-state index in [2.05, 4.69) is 79.5 Å². The Bertz CT molecular complexity index is 1210. The van der Waals surface area contributed by atoms with Crippen LogP contribution in [0.1, 0.15) is 67.9 Å². The Morgan fingerprint density at radius 2 is 1.85 bits per heavy atom. The maximum absolute atomic E-state index is 13.5. The minimum Gasteiger partial charge on any atom is -0.496 e. The first-order valence-electron chi connectivity index (χ1n) is 14.7. The minimum absolute atomic E-state index is 0.0260. The van der Waals surface area contributed by atoms with Gasteiger partial charge in [-0.15, -0.1) is 0 Å². The van der Waals surface area contributed by atoms with Gasteiger partial charge in [-0.2, -0.15) is 0 Å². The number of hydrogen-bond acceptors (Lipinski definition) is 5. The summed E-state index contributed by atoms with van der Waals surface area (Å²) >= 11 is 0. The molecule has 2 aliphatic heterocycles. The van der Waals surface area contributed by atoms with Crippen molar-refractivity contribution in [3.63, 3.8) is 0 Å². The van der Waals surface area contributed by atoms with Gasteiger partial charge in [-0.25, -0.2) is 0 Å². The number of piperidine rings is 1. The summed E-state index contributed by atoms with van der Waals surface area (Å²) in [6.07, 6.45) is 11.2. The third-order valence-electron chi connectivity index (χ3n) is 8.46. The van der Waals surface area contributed by atoms with Crippen LogP contribution in [0.15, 0.2) is 72.5 Å². The maximum atomic E-state index is 13.5. The summed E-state index contributed by atoms with van der Waals surface area (Å²) in [5.74, 6) is 0.697. The molecule has 6 nitrogen and oxygen atoms in total. The van der Waals surface area contributed by atoms with E-state index in [9.17, 15) is 4.79 Å². The highest BCUT2D eigenvalue weighted by molar-refractivity contribution is 5.98. The molecule has 1 amide bonds. The molecular formula is C34H44N2O4. The van der Waals surface area contributed by atoms with Gasteiger partial charge in [0.05, 0.1) is 25.9 Å². The number of ether oxygens (including phenoxy) is 3. The lowest BCUT2D eigenvalue weighted by Gasteiger charge is -2.47. The van der Waals surface area contributed by atoms with Crippen LogP contribution in [0.5, 0.6) is 5.75 Å². The number of hydrogen-bond donors (Lipinski definition) is 1. The van der Waals surface area contributed by atoms with Gasteiger partial charge in [0, 0.05) is 36.7 Å². The molecule has 2 saturated heterocycles. The lowest BCUT2D eigenvalue weighted by molar-refractivity contribution is -0.184. The summed E-state index contributed by atoms with van der Waals surface area (Å²) in [4.78, 5) is 16.2. The van der Waals surface area contributed by atoms with Crippen molar-refractivity contribution in [2.45, 2.75) is 76.7 Å². The van der Waals surface area contributed by atoms with Gasteiger partial charge in [0.15, 0.2) is 6.29 Å². The highest BCUT2D eigenvalue weighted by Gasteiger charge is 2.39. The molecule has 6 heteroatoms. The molecule has 2 aromatic rings. The van der Waals surface area contributed by atoms with Crippen LogP contribution in [-0.4, -0.2) is 56.0 Å². The molecule has 0 saturated carbocycles. The van der Waals surface area contributed by atoms with Gasteiger partial charge in [-0.05, 0) is 60.4 Å². The van der Waals surface area contributed by atoms with Crippen LogP contribution in [0.2, 0.25) is 0 Å². The molecule has 2 fully saturated rings. The second-order valence-electron chi connectivity index (χ2n) is 12.2. The lowest BCUT2D eigenvalue weighted by Crippen LogP contribution is -2.54. The highest BCUT2D eigenvalue weighted by atomic mass is 16.7. The average Bonchev–Trinajstić information content (AvgIpc) is 2.97. The van der Waals surface area contributed by atoms with Gasteiger partial charge < -0.3 is 19.5 Å². The molecule has 1 N–H and O–H groups in total. The number of carbonyl (C=O) groups is 1. The Hall–Kier alpha value is -2.93. The molecule has 2 aromatic carbocycles. The first-order valence-corrected chi connectivity index (χ1v) is 14.7. The molecule has 0 radical (unpaired) electrons. The first kappa shape index (κ1) is 28.6. The Labute approximate surface area is 239 Å². The number of methoxy groups -OCH3 is 1. The SMILES string of the molecule is COc1cc(C(C)(C)C)ccc1C(=O)NC1=CC=CC2C1CCC(Cc1ccccc1)N2CCC1OCCCO1. The molecule has 3 aliphatic rings. The third-order valence-corrected chi connectivity index (χ3v) is 8.46. The number of carbonyl (C=O) groups excluding carboxylic acids is 1. The van der Waals surface area contributed by atoms with Gasteiger partial charge >= 0.3 is 0 Å². The number of amides is 1. The summed E-state index contributed by atoms with van der Waals surface area (Å²) in [7, 11) is 1.63. The number of fused-ring (bicyclic) bond motifs is 1. The fourth-order valence-electron chi connectivity index (χ4n) is 6.24. The fourth-order valence-corrected chi connectivity index (χ4v) is 6.24. The van der Waals surface area contributed by atoms with Crippen molar-refractivity contribution in [1.29, 1.82) is 0 Å². The summed E-state index contributed by atoms with van der Waals surface area (Å²) in [6, 6.07) is 17.3.